The van der Waals surface area contributed by atoms with Crippen molar-refractivity contribution < 1.29 is 14.3 Å². The minimum Gasteiger partial charge on any atom is -0.493 e. The monoisotopic (exact) mass is 475 g/mol. The van der Waals surface area contributed by atoms with Gasteiger partial charge in [0, 0.05) is 42.2 Å². The highest BCUT2D eigenvalue weighted by atomic mass is 32.1. The van der Waals surface area contributed by atoms with Crippen LogP contribution in [0.3, 0.4) is 0 Å². The van der Waals surface area contributed by atoms with Gasteiger partial charge in [-0.2, -0.15) is 0 Å². The summed E-state index contributed by atoms with van der Waals surface area (Å²) < 4.78 is 11.1. The molecule has 174 valence electrons. The van der Waals surface area contributed by atoms with Crippen LogP contribution >= 0.6 is 11.3 Å². The van der Waals surface area contributed by atoms with Crippen molar-refractivity contribution in [2.75, 3.05) is 32.2 Å². The summed E-state index contributed by atoms with van der Waals surface area (Å²) in [6, 6.07) is 13.9. The van der Waals surface area contributed by atoms with Crippen LogP contribution in [-0.2, 0) is 4.79 Å². The van der Waals surface area contributed by atoms with Crippen molar-refractivity contribution in [1.82, 2.24) is 15.0 Å². The topological polar surface area (TPSA) is 103 Å². The van der Waals surface area contributed by atoms with Gasteiger partial charge in [-0.25, -0.2) is 15.0 Å². The fourth-order valence-corrected chi connectivity index (χ4v) is 5.16. The van der Waals surface area contributed by atoms with Crippen LogP contribution in [0.25, 0.3) is 32.0 Å². The van der Waals surface area contributed by atoms with E-state index in [0.29, 0.717) is 43.4 Å². The quantitative estimate of drug-likeness (QED) is 0.447. The Labute approximate surface area is 201 Å². The zero-order valence-electron chi connectivity index (χ0n) is 19.0. The van der Waals surface area contributed by atoms with Gasteiger partial charge in [0.15, 0.2) is 11.5 Å². The lowest BCUT2D eigenvalue weighted by Gasteiger charge is -2.31. The van der Waals surface area contributed by atoms with Crippen molar-refractivity contribution in [1.29, 1.82) is 0 Å². The summed E-state index contributed by atoms with van der Waals surface area (Å²) in [6.45, 7) is 1.34. The second kappa shape index (κ2) is 9.26. The highest BCUT2D eigenvalue weighted by Crippen LogP contribution is 2.39. The Hall–Kier alpha value is -3.72. The summed E-state index contributed by atoms with van der Waals surface area (Å²) in [7, 11) is 3.22. The van der Waals surface area contributed by atoms with E-state index in [1.807, 2.05) is 48.7 Å². The van der Waals surface area contributed by atoms with Crippen LogP contribution in [0.2, 0.25) is 0 Å². The molecule has 1 fully saturated rings. The lowest BCUT2D eigenvalue weighted by atomic mass is 9.96. The maximum absolute atomic E-state index is 11.6. The normalized spacial score (nSPS) is 14.4. The number of amides is 1. The molecular formula is C25H25N5O3S. The molecule has 0 radical (unpaired) electrons. The molecule has 8 nitrogen and oxygen atoms in total. The molecule has 34 heavy (non-hydrogen) atoms. The van der Waals surface area contributed by atoms with Gasteiger partial charge in [-0.15, -0.1) is 11.3 Å². The first-order chi connectivity index (χ1) is 16.6. The van der Waals surface area contributed by atoms with E-state index in [0.717, 1.165) is 32.0 Å². The largest absolute Gasteiger partial charge is 0.493 e. The van der Waals surface area contributed by atoms with Crippen molar-refractivity contribution in [3.8, 4) is 32.6 Å². The standard InChI is InChI=1S/C25H25N5O3S/c1-32-19-12-17-18(13-20(19)33-2)28-25(30-10-8-15(9-11-30)23(26)31)29-22(17)21-14-27-24(34-21)16-6-4-3-5-7-16/h3-7,12-15H,8-11H2,1-2H3,(H2,26,31). The van der Waals surface area contributed by atoms with Crippen LogP contribution in [0.4, 0.5) is 5.95 Å². The Bertz CT molecular complexity index is 1330. The van der Waals surface area contributed by atoms with Crippen molar-refractivity contribution >= 4 is 34.1 Å². The Morgan fingerprint density at radius 2 is 1.76 bits per heavy atom. The number of methoxy groups -OCH3 is 2. The molecule has 1 saturated heterocycles. The predicted octanol–water partition coefficient (Wildman–Crippen LogP) is 4.14. The fraction of sp³-hybridized carbons (Fsp3) is 0.280. The third-order valence-electron chi connectivity index (χ3n) is 6.13. The smallest absolute Gasteiger partial charge is 0.226 e. The fourth-order valence-electron chi connectivity index (χ4n) is 4.23. The predicted molar refractivity (Wildman–Crippen MR) is 133 cm³/mol. The molecule has 0 atom stereocenters. The number of benzene rings is 2. The lowest BCUT2D eigenvalue weighted by molar-refractivity contribution is -0.122. The number of nitrogens with two attached hydrogens (primary N) is 1. The van der Waals surface area contributed by atoms with E-state index in [9.17, 15) is 4.79 Å². The van der Waals surface area contributed by atoms with Gasteiger partial charge in [-0.3, -0.25) is 4.79 Å². The van der Waals surface area contributed by atoms with E-state index in [-0.39, 0.29) is 11.8 Å². The molecule has 1 aliphatic rings. The number of piperidine rings is 1. The zero-order chi connectivity index (χ0) is 23.7. The van der Waals surface area contributed by atoms with Gasteiger partial charge in [0.05, 0.1) is 30.3 Å². The minimum absolute atomic E-state index is 0.101. The van der Waals surface area contributed by atoms with Gasteiger partial charge in [0.1, 0.15) is 5.01 Å². The lowest BCUT2D eigenvalue weighted by Crippen LogP contribution is -2.39. The number of hydrogen-bond donors (Lipinski definition) is 1. The number of anilines is 1. The van der Waals surface area contributed by atoms with E-state index < -0.39 is 0 Å². The van der Waals surface area contributed by atoms with Crippen molar-refractivity contribution in [3.63, 3.8) is 0 Å². The molecule has 9 heteroatoms. The number of hydrogen-bond acceptors (Lipinski definition) is 8. The highest BCUT2D eigenvalue weighted by Gasteiger charge is 2.26. The number of aromatic nitrogens is 3. The third-order valence-corrected chi connectivity index (χ3v) is 7.18. The van der Waals surface area contributed by atoms with Gasteiger partial charge < -0.3 is 20.1 Å². The van der Waals surface area contributed by atoms with Gasteiger partial charge in [-0.05, 0) is 18.9 Å². The second-order valence-electron chi connectivity index (χ2n) is 8.16. The molecule has 5 rings (SSSR count). The molecule has 0 bridgehead atoms. The van der Waals surface area contributed by atoms with E-state index in [4.69, 9.17) is 25.2 Å². The Kier molecular flexibility index (Phi) is 6.02. The molecule has 2 aromatic heterocycles. The molecule has 3 heterocycles. The Morgan fingerprint density at radius 3 is 2.44 bits per heavy atom. The highest BCUT2D eigenvalue weighted by molar-refractivity contribution is 7.18. The van der Waals surface area contributed by atoms with Crippen LogP contribution in [0.1, 0.15) is 12.8 Å². The van der Waals surface area contributed by atoms with E-state index in [2.05, 4.69) is 9.88 Å². The summed E-state index contributed by atoms with van der Waals surface area (Å²) in [5.74, 6) is 1.49. The van der Waals surface area contributed by atoms with Crippen LogP contribution in [-0.4, -0.2) is 48.2 Å². The molecule has 0 saturated carbocycles. The summed E-state index contributed by atoms with van der Waals surface area (Å²) in [4.78, 5) is 29.1. The molecule has 0 spiro atoms. The Morgan fingerprint density at radius 1 is 1.06 bits per heavy atom. The van der Waals surface area contributed by atoms with E-state index >= 15 is 0 Å². The van der Waals surface area contributed by atoms with Crippen LogP contribution in [0.5, 0.6) is 11.5 Å². The molecule has 1 aliphatic heterocycles. The first-order valence-corrected chi connectivity index (χ1v) is 11.9. The number of nitrogens with zero attached hydrogens (tertiary/aromatic N) is 4. The zero-order valence-corrected chi connectivity index (χ0v) is 19.8. The number of carbonyl (C=O) groups excluding carboxylic acids is 1. The molecule has 1 amide bonds. The number of fused-ring (bicyclic) bond motifs is 1. The average molecular weight is 476 g/mol. The molecule has 4 aromatic rings. The van der Waals surface area contributed by atoms with Crippen molar-refractivity contribution in [2.24, 2.45) is 11.7 Å². The third kappa shape index (κ3) is 4.14. The molecule has 0 aliphatic carbocycles. The maximum atomic E-state index is 11.6. The first-order valence-electron chi connectivity index (χ1n) is 11.1. The van der Waals surface area contributed by atoms with E-state index in [1.54, 1.807) is 25.6 Å². The molecule has 2 aromatic carbocycles. The Balaban J connectivity index is 1.62. The number of ether oxygens (including phenoxy) is 2. The summed E-state index contributed by atoms with van der Waals surface area (Å²) in [6.07, 6.45) is 3.24. The number of primary amides is 1. The average Bonchev–Trinajstić information content (AvgIpc) is 3.38. The van der Waals surface area contributed by atoms with Crippen molar-refractivity contribution in [2.45, 2.75) is 12.8 Å². The van der Waals surface area contributed by atoms with Crippen molar-refractivity contribution in [3.05, 3.63) is 48.7 Å². The number of carbonyl (C=O) groups is 1. The molecule has 2 N–H and O–H groups in total. The first kappa shape index (κ1) is 22.1. The molecule has 0 unspecified atom stereocenters. The summed E-state index contributed by atoms with van der Waals surface area (Å²) in [5, 5.41) is 1.78. The van der Waals surface area contributed by atoms with Gasteiger partial charge in [0.25, 0.3) is 0 Å². The summed E-state index contributed by atoms with van der Waals surface area (Å²) >= 11 is 1.58. The second-order valence-corrected chi connectivity index (χ2v) is 9.19. The van der Waals surface area contributed by atoms with Gasteiger partial charge in [-0.1, -0.05) is 30.3 Å². The number of thiazole rings is 1. The van der Waals surface area contributed by atoms with Crippen LogP contribution < -0.4 is 20.1 Å². The van der Waals surface area contributed by atoms with E-state index in [1.165, 1.54) is 0 Å². The van der Waals surface area contributed by atoms with Gasteiger partial charge in [0.2, 0.25) is 11.9 Å². The summed E-state index contributed by atoms with van der Waals surface area (Å²) in [5.41, 5.74) is 8.12. The minimum atomic E-state index is -0.241. The van der Waals surface area contributed by atoms with Gasteiger partial charge >= 0.3 is 0 Å². The SMILES string of the molecule is COc1cc2nc(N3CCC(C(N)=O)CC3)nc(-c3cnc(-c4ccccc4)s3)c2cc1OC. The van der Waals surface area contributed by atoms with Crippen LogP contribution in [0, 0.1) is 5.92 Å². The van der Waals surface area contributed by atoms with Crippen LogP contribution in [0.15, 0.2) is 48.7 Å². The molecular weight excluding hydrogens is 450 g/mol. The maximum Gasteiger partial charge on any atom is 0.226 e. The number of rotatable bonds is 6.